The van der Waals surface area contributed by atoms with E-state index < -0.39 is 31.8 Å². The first kappa shape index (κ1) is 16.3. The molecule has 1 aromatic carbocycles. The van der Waals surface area contributed by atoms with E-state index >= 15 is 0 Å². The van der Waals surface area contributed by atoms with Crippen molar-refractivity contribution in [2.45, 2.75) is 19.4 Å². The summed E-state index contributed by atoms with van der Waals surface area (Å²) in [6.07, 6.45) is -4.01. The summed E-state index contributed by atoms with van der Waals surface area (Å²) in [6, 6.07) is 5.39. The molecule has 120 valence electrons. The van der Waals surface area contributed by atoms with Gasteiger partial charge >= 0.3 is 0 Å². The van der Waals surface area contributed by atoms with Crippen LogP contribution in [-0.4, -0.2) is 45.8 Å². The third-order valence-electron chi connectivity index (χ3n) is 2.81. The lowest BCUT2D eigenvalue weighted by Crippen LogP contribution is -2.32. The van der Waals surface area contributed by atoms with Crippen molar-refractivity contribution in [2.24, 2.45) is 0 Å². The molecule has 1 aromatic heterocycles. The van der Waals surface area contributed by atoms with Gasteiger partial charge in [-0.1, -0.05) is 5.21 Å². The monoisotopic (exact) mass is 320 g/mol. The second-order valence-electron chi connectivity index (χ2n) is 4.61. The molecule has 0 amide bonds. The average Bonchev–Trinajstić information content (AvgIpc) is 2.86. The van der Waals surface area contributed by atoms with Crippen molar-refractivity contribution in [3.05, 3.63) is 42.0 Å². The zero-order valence-electron chi connectivity index (χ0n) is 11.3. The predicted octanol–water partition coefficient (Wildman–Crippen LogP) is 2.74. The minimum absolute atomic E-state index is 0.171. The second kappa shape index (κ2) is 7.30. The van der Waals surface area contributed by atoms with Crippen LogP contribution >= 0.6 is 0 Å². The molecule has 4 nitrogen and oxygen atoms in total. The van der Waals surface area contributed by atoms with E-state index in [1.54, 1.807) is 0 Å². The molecule has 0 aliphatic carbocycles. The van der Waals surface area contributed by atoms with Crippen LogP contribution in [0.15, 0.2) is 30.5 Å². The molecule has 9 heteroatoms. The molecule has 0 saturated heterocycles. The molecule has 22 heavy (non-hydrogen) atoms. The van der Waals surface area contributed by atoms with Gasteiger partial charge in [-0.2, -0.15) is 0 Å². The van der Waals surface area contributed by atoms with Gasteiger partial charge in [0.2, 0.25) is 0 Å². The van der Waals surface area contributed by atoms with Gasteiger partial charge in [-0.3, -0.25) is 4.90 Å². The Balaban J connectivity index is 2.07. The van der Waals surface area contributed by atoms with E-state index in [0.29, 0.717) is 5.69 Å². The summed E-state index contributed by atoms with van der Waals surface area (Å²) in [5, 5.41) is 7.53. The maximum Gasteiger partial charge on any atom is 0.251 e. The number of nitrogens with zero attached hydrogens (tertiary/aromatic N) is 4. The van der Waals surface area contributed by atoms with Crippen molar-refractivity contribution < 1.29 is 22.0 Å². The van der Waals surface area contributed by atoms with Gasteiger partial charge in [0.15, 0.2) is 0 Å². The first-order chi connectivity index (χ1) is 10.4. The number of aromatic nitrogens is 3. The highest BCUT2D eigenvalue weighted by molar-refractivity contribution is 5.30. The number of rotatable bonds is 7. The van der Waals surface area contributed by atoms with E-state index in [4.69, 9.17) is 0 Å². The number of benzene rings is 1. The summed E-state index contributed by atoms with van der Waals surface area (Å²) in [4.78, 5) is 0.911. The van der Waals surface area contributed by atoms with Crippen molar-refractivity contribution in [3.8, 4) is 5.69 Å². The van der Waals surface area contributed by atoms with Gasteiger partial charge in [0.1, 0.15) is 5.82 Å². The zero-order chi connectivity index (χ0) is 16.1. The predicted molar refractivity (Wildman–Crippen MR) is 68.6 cm³/mol. The topological polar surface area (TPSA) is 34.0 Å². The number of alkyl halides is 4. The van der Waals surface area contributed by atoms with Gasteiger partial charge in [-0.25, -0.2) is 26.6 Å². The summed E-state index contributed by atoms with van der Waals surface area (Å²) < 4.78 is 63.7. The van der Waals surface area contributed by atoms with Gasteiger partial charge in [0, 0.05) is 6.54 Å². The molecular formula is C13H13F5N4. The van der Waals surface area contributed by atoms with Crippen LogP contribution in [0.2, 0.25) is 0 Å². The largest absolute Gasteiger partial charge is 0.286 e. The van der Waals surface area contributed by atoms with Crippen LogP contribution in [0.3, 0.4) is 0 Å². The Hall–Kier alpha value is -2.03. The number of halogens is 5. The molecule has 2 aromatic rings. The molecule has 0 bridgehead atoms. The lowest BCUT2D eigenvalue weighted by atomic mass is 10.3. The van der Waals surface area contributed by atoms with Crippen LogP contribution < -0.4 is 0 Å². The quantitative estimate of drug-likeness (QED) is 0.736. The Labute approximate surface area is 123 Å². The summed E-state index contributed by atoms with van der Waals surface area (Å²) in [5.74, 6) is -0.413. The fourth-order valence-corrected chi connectivity index (χ4v) is 1.91. The van der Waals surface area contributed by atoms with Crippen LogP contribution in [0.5, 0.6) is 0 Å². The highest BCUT2D eigenvalue weighted by atomic mass is 19.3. The van der Waals surface area contributed by atoms with E-state index in [9.17, 15) is 22.0 Å². The van der Waals surface area contributed by atoms with Crippen LogP contribution in [0.1, 0.15) is 5.69 Å². The van der Waals surface area contributed by atoms with E-state index in [1.807, 2.05) is 0 Å². The first-order valence-electron chi connectivity index (χ1n) is 6.40. The lowest BCUT2D eigenvalue weighted by molar-refractivity contribution is 0.0386. The highest BCUT2D eigenvalue weighted by Gasteiger charge is 2.18. The first-order valence-corrected chi connectivity index (χ1v) is 6.40. The smallest absolute Gasteiger partial charge is 0.251 e. The van der Waals surface area contributed by atoms with E-state index in [1.165, 1.54) is 35.1 Å². The van der Waals surface area contributed by atoms with Gasteiger partial charge in [0.25, 0.3) is 12.9 Å². The Morgan fingerprint density at radius 1 is 1.00 bits per heavy atom. The molecule has 0 radical (unpaired) electrons. The maximum absolute atomic E-state index is 12.8. The summed E-state index contributed by atoms with van der Waals surface area (Å²) in [5.41, 5.74) is 0.792. The van der Waals surface area contributed by atoms with Crippen molar-refractivity contribution in [1.82, 2.24) is 19.9 Å². The van der Waals surface area contributed by atoms with Crippen LogP contribution in [0.4, 0.5) is 22.0 Å². The van der Waals surface area contributed by atoms with Gasteiger partial charge in [0.05, 0.1) is 30.7 Å². The third kappa shape index (κ3) is 4.76. The van der Waals surface area contributed by atoms with Gasteiger partial charge < -0.3 is 0 Å². The third-order valence-corrected chi connectivity index (χ3v) is 2.81. The minimum atomic E-state index is -2.72. The Kier molecular flexibility index (Phi) is 5.42. The summed E-state index contributed by atoms with van der Waals surface area (Å²) in [6.45, 7) is -1.71. The van der Waals surface area contributed by atoms with Crippen LogP contribution in [0, 0.1) is 5.82 Å². The summed E-state index contributed by atoms with van der Waals surface area (Å²) in [7, 11) is 0. The molecule has 0 aliphatic rings. The van der Waals surface area contributed by atoms with Crippen LogP contribution in [-0.2, 0) is 6.54 Å². The van der Waals surface area contributed by atoms with E-state index in [0.717, 1.165) is 4.90 Å². The van der Waals surface area contributed by atoms with E-state index in [2.05, 4.69) is 10.3 Å². The Morgan fingerprint density at radius 3 is 2.14 bits per heavy atom. The van der Waals surface area contributed by atoms with Crippen molar-refractivity contribution in [3.63, 3.8) is 0 Å². The average molecular weight is 320 g/mol. The molecule has 0 unspecified atom stereocenters. The molecule has 0 aliphatic heterocycles. The molecule has 0 N–H and O–H groups in total. The fraction of sp³-hybridized carbons (Fsp3) is 0.385. The molecular weight excluding hydrogens is 307 g/mol. The van der Waals surface area contributed by atoms with Crippen molar-refractivity contribution in [1.29, 1.82) is 0 Å². The number of hydrogen-bond donors (Lipinski definition) is 0. The Morgan fingerprint density at radius 2 is 1.59 bits per heavy atom. The van der Waals surface area contributed by atoms with E-state index in [-0.39, 0.29) is 12.2 Å². The molecule has 1 heterocycles. The lowest BCUT2D eigenvalue weighted by Gasteiger charge is -2.19. The van der Waals surface area contributed by atoms with Gasteiger partial charge in [-0.15, -0.1) is 5.10 Å². The second-order valence-corrected chi connectivity index (χ2v) is 4.61. The molecule has 2 rings (SSSR count). The fourth-order valence-electron chi connectivity index (χ4n) is 1.91. The SMILES string of the molecule is Fc1ccc(-n2cc(CN(CC(F)F)CC(F)F)nn2)cc1. The Bertz CT molecular complexity index is 574. The molecule has 0 saturated carbocycles. The maximum atomic E-state index is 12.8. The summed E-state index contributed by atoms with van der Waals surface area (Å²) >= 11 is 0. The molecule has 0 atom stereocenters. The normalized spacial score (nSPS) is 11.8. The highest BCUT2D eigenvalue weighted by Crippen LogP contribution is 2.11. The molecule has 0 fully saturated rings. The van der Waals surface area contributed by atoms with Crippen molar-refractivity contribution in [2.75, 3.05) is 13.1 Å². The van der Waals surface area contributed by atoms with Crippen molar-refractivity contribution >= 4 is 0 Å². The standard InChI is InChI=1S/C13H13F5N4/c14-9-1-3-11(4-2-9)22-6-10(19-20-22)5-21(7-12(15)16)8-13(17)18/h1-4,6,12-13H,5,7-8H2. The number of hydrogen-bond acceptors (Lipinski definition) is 3. The zero-order valence-corrected chi connectivity index (χ0v) is 11.3. The minimum Gasteiger partial charge on any atom is -0.286 e. The van der Waals surface area contributed by atoms with Crippen LogP contribution in [0.25, 0.3) is 5.69 Å². The van der Waals surface area contributed by atoms with Gasteiger partial charge in [-0.05, 0) is 24.3 Å². The molecule has 0 spiro atoms.